The fraction of sp³-hybridized carbons (Fsp3) is 0.286. The maximum absolute atomic E-state index is 6.21. The van der Waals surface area contributed by atoms with E-state index in [2.05, 4.69) is 15.3 Å². The highest BCUT2D eigenvalue weighted by Gasteiger charge is 2.20. The summed E-state index contributed by atoms with van der Waals surface area (Å²) in [4.78, 5) is 13.7. The summed E-state index contributed by atoms with van der Waals surface area (Å²) in [5, 5.41) is 5.21. The maximum atomic E-state index is 6.21. The Bertz CT molecular complexity index is 949. The van der Waals surface area contributed by atoms with Crippen molar-refractivity contribution in [2.45, 2.75) is 37.8 Å². The molecule has 0 saturated heterocycles. The van der Waals surface area contributed by atoms with Crippen LogP contribution in [0.25, 0.3) is 23.1 Å². The van der Waals surface area contributed by atoms with E-state index in [4.69, 9.17) is 22.3 Å². The molecule has 27 heavy (non-hydrogen) atoms. The van der Waals surface area contributed by atoms with Crippen LogP contribution in [0.4, 0.5) is 5.82 Å². The molecule has 6 heteroatoms. The second kappa shape index (κ2) is 8.03. The number of nitrogens with two attached hydrogens (primary N) is 1. The predicted octanol–water partition coefficient (Wildman–Crippen LogP) is 4.53. The van der Waals surface area contributed by atoms with Gasteiger partial charge in [-0.05, 0) is 68.2 Å². The molecule has 3 aromatic rings. The lowest BCUT2D eigenvalue weighted by Crippen LogP contribution is -2.33. The second-order valence-corrected chi connectivity index (χ2v) is 7.37. The summed E-state index contributed by atoms with van der Waals surface area (Å²) in [7, 11) is 0. The van der Waals surface area contributed by atoms with Crippen LogP contribution in [0.15, 0.2) is 42.6 Å². The number of benzene rings is 1. The maximum Gasteiger partial charge on any atom is 0.155 e. The van der Waals surface area contributed by atoms with Crippen molar-refractivity contribution < 1.29 is 0 Å². The summed E-state index contributed by atoms with van der Waals surface area (Å²) < 4.78 is 0. The van der Waals surface area contributed by atoms with Crippen LogP contribution >= 0.6 is 11.6 Å². The van der Waals surface area contributed by atoms with Crippen molar-refractivity contribution in [3.05, 3.63) is 59.1 Å². The minimum absolute atomic E-state index is 0.316. The molecule has 1 saturated carbocycles. The summed E-state index contributed by atoms with van der Waals surface area (Å²) in [5.41, 5.74) is 7.77. The Kier molecular flexibility index (Phi) is 5.32. The average Bonchev–Trinajstić information content (AvgIpc) is 2.69. The van der Waals surface area contributed by atoms with E-state index in [0.29, 0.717) is 22.9 Å². The number of halogens is 1. The standard InChI is InChI=1S/C21H22ClN5/c22-14-4-10-19-18(13-14)21(25-17-7-5-15(23)6-8-17)27-20(26-19)11-9-16-3-1-2-12-24-16/h1-4,9-13,15,17H,5-8,23H2,(H,25,26,27). The van der Waals surface area contributed by atoms with E-state index in [1.165, 1.54) is 0 Å². The normalized spacial score (nSPS) is 20.2. The molecule has 1 aliphatic rings. The molecule has 1 aromatic carbocycles. The number of hydrogen-bond donors (Lipinski definition) is 2. The molecule has 1 fully saturated rings. The molecular weight excluding hydrogens is 358 g/mol. The molecule has 0 amide bonds. The van der Waals surface area contributed by atoms with Gasteiger partial charge in [0.1, 0.15) is 5.82 Å². The van der Waals surface area contributed by atoms with Crippen LogP contribution in [0.5, 0.6) is 0 Å². The zero-order valence-corrected chi connectivity index (χ0v) is 15.7. The van der Waals surface area contributed by atoms with E-state index in [1.807, 2.05) is 48.6 Å². The van der Waals surface area contributed by atoms with Crippen LogP contribution < -0.4 is 11.1 Å². The molecule has 4 rings (SSSR count). The smallest absolute Gasteiger partial charge is 0.155 e. The molecular formula is C21H22ClN5. The third kappa shape index (κ3) is 4.43. The molecule has 0 unspecified atom stereocenters. The third-order valence-electron chi connectivity index (χ3n) is 4.88. The lowest BCUT2D eigenvalue weighted by Gasteiger charge is -2.27. The third-order valence-corrected chi connectivity index (χ3v) is 5.11. The fourth-order valence-corrected chi connectivity index (χ4v) is 3.57. The number of nitrogens with zero attached hydrogens (tertiary/aromatic N) is 3. The summed E-state index contributed by atoms with van der Waals surface area (Å²) in [6.07, 6.45) is 9.74. The van der Waals surface area contributed by atoms with Gasteiger partial charge in [0.15, 0.2) is 5.82 Å². The predicted molar refractivity (Wildman–Crippen MR) is 112 cm³/mol. The number of aromatic nitrogens is 3. The zero-order chi connectivity index (χ0) is 18.6. The Balaban J connectivity index is 1.67. The second-order valence-electron chi connectivity index (χ2n) is 6.94. The molecule has 2 aromatic heterocycles. The molecule has 0 spiro atoms. The van der Waals surface area contributed by atoms with Gasteiger partial charge >= 0.3 is 0 Å². The van der Waals surface area contributed by atoms with Gasteiger partial charge < -0.3 is 11.1 Å². The molecule has 0 bridgehead atoms. The van der Waals surface area contributed by atoms with Crippen molar-refractivity contribution in [1.82, 2.24) is 15.0 Å². The summed E-state index contributed by atoms with van der Waals surface area (Å²) in [6.45, 7) is 0. The number of hydrogen-bond acceptors (Lipinski definition) is 5. The van der Waals surface area contributed by atoms with Gasteiger partial charge in [-0.1, -0.05) is 17.7 Å². The Morgan fingerprint density at radius 2 is 1.89 bits per heavy atom. The van der Waals surface area contributed by atoms with E-state index >= 15 is 0 Å². The highest BCUT2D eigenvalue weighted by molar-refractivity contribution is 6.31. The highest BCUT2D eigenvalue weighted by Crippen LogP contribution is 2.27. The van der Waals surface area contributed by atoms with Crippen molar-refractivity contribution in [3.63, 3.8) is 0 Å². The van der Waals surface area contributed by atoms with Crippen LogP contribution in [0.2, 0.25) is 5.02 Å². The van der Waals surface area contributed by atoms with Gasteiger partial charge in [0.05, 0.1) is 11.2 Å². The lowest BCUT2D eigenvalue weighted by molar-refractivity contribution is 0.410. The Labute approximate surface area is 163 Å². The largest absolute Gasteiger partial charge is 0.367 e. The molecule has 0 aliphatic heterocycles. The van der Waals surface area contributed by atoms with Crippen LogP contribution in [-0.4, -0.2) is 27.0 Å². The van der Waals surface area contributed by atoms with Crippen molar-refractivity contribution in [3.8, 4) is 0 Å². The first-order chi connectivity index (χ1) is 13.2. The van der Waals surface area contributed by atoms with Crippen molar-refractivity contribution in [2.75, 3.05) is 5.32 Å². The van der Waals surface area contributed by atoms with Gasteiger partial charge in [-0.25, -0.2) is 9.97 Å². The van der Waals surface area contributed by atoms with Crippen LogP contribution in [0, 0.1) is 0 Å². The molecule has 0 radical (unpaired) electrons. The number of nitrogens with one attached hydrogen (secondary N) is 1. The monoisotopic (exact) mass is 379 g/mol. The molecule has 2 heterocycles. The first-order valence-corrected chi connectivity index (χ1v) is 9.64. The van der Waals surface area contributed by atoms with Gasteiger partial charge in [0.2, 0.25) is 0 Å². The van der Waals surface area contributed by atoms with Gasteiger partial charge in [0.25, 0.3) is 0 Å². The Hall–Kier alpha value is -2.50. The van der Waals surface area contributed by atoms with Crippen molar-refractivity contribution in [1.29, 1.82) is 0 Å². The van der Waals surface area contributed by atoms with E-state index in [1.54, 1.807) is 6.20 Å². The van der Waals surface area contributed by atoms with Crippen molar-refractivity contribution in [2.24, 2.45) is 5.73 Å². The van der Waals surface area contributed by atoms with E-state index in [-0.39, 0.29) is 0 Å². The summed E-state index contributed by atoms with van der Waals surface area (Å²) in [6, 6.07) is 12.2. The minimum atomic E-state index is 0.316. The number of anilines is 1. The summed E-state index contributed by atoms with van der Waals surface area (Å²) >= 11 is 6.21. The topological polar surface area (TPSA) is 76.7 Å². The minimum Gasteiger partial charge on any atom is -0.367 e. The van der Waals surface area contributed by atoms with E-state index in [9.17, 15) is 0 Å². The van der Waals surface area contributed by atoms with Gasteiger partial charge in [-0.2, -0.15) is 0 Å². The van der Waals surface area contributed by atoms with Gasteiger partial charge in [-0.15, -0.1) is 0 Å². The SMILES string of the molecule is NC1CCC(Nc2nc(C=Cc3ccccn3)nc3ccc(Cl)cc23)CC1. The molecule has 5 nitrogen and oxygen atoms in total. The van der Waals surface area contributed by atoms with Gasteiger partial charge in [0, 0.05) is 28.7 Å². The zero-order valence-electron chi connectivity index (χ0n) is 15.0. The van der Waals surface area contributed by atoms with Gasteiger partial charge in [-0.3, -0.25) is 4.98 Å². The Morgan fingerprint density at radius 3 is 2.67 bits per heavy atom. The molecule has 0 atom stereocenters. The first kappa shape index (κ1) is 17.9. The lowest BCUT2D eigenvalue weighted by atomic mass is 9.92. The molecule has 138 valence electrons. The number of pyridine rings is 1. The quantitative estimate of drug-likeness (QED) is 0.696. The molecule has 3 N–H and O–H groups in total. The Morgan fingerprint density at radius 1 is 1.04 bits per heavy atom. The highest BCUT2D eigenvalue weighted by atomic mass is 35.5. The molecule has 1 aliphatic carbocycles. The van der Waals surface area contributed by atoms with E-state index in [0.717, 1.165) is 48.1 Å². The van der Waals surface area contributed by atoms with Crippen LogP contribution in [0.3, 0.4) is 0 Å². The van der Waals surface area contributed by atoms with Crippen molar-refractivity contribution >= 4 is 40.5 Å². The average molecular weight is 380 g/mol. The van der Waals surface area contributed by atoms with Crippen LogP contribution in [0.1, 0.15) is 37.2 Å². The van der Waals surface area contributed by atoms with E-state index < -0.39 is 0 Å². The van der Waals surface area contributed by atoms with Crippen LogP contribution in [-0.2, 0) is 0 Å². The first-order valence-electron chi connectivity index (χ1n) is 9.26. The number of fused-ring (bicyclic) bond motifs is 1. The fourth-order valence-electron chi connectivity index (χ4n) is 3.39. The number of rotatable bonds is 4. The summed E-state index contributed by atoms with van der Waals surface area (Å²) in [5.74, 6) is 1.47.